The van der Waals surface area contributed by atoms with Crippen LogP contribution in [0.4, 0.5) is 0 Å². The van der Waals surface area contributed by atoms with Crippen LogP contribution in [0.2, 0.25) is 5.02 Å². The molecule has 2 rings (SSSR count). The largest absolute Gasteiger partial charge is 0.492 e. The van der Waals surface area contributed by atoms with Crippen molar-refractivity contribution >= 4 is 11.6 Å². The predicted octanol–water partition coefficient (Wildman–Crippen LogP) is 1.68. The number of β-amino-alcohol motifs (C(OH)–C–C–N with tert-alkyl or cyclic N) is 1. The fourth-order valence-corrected chi connectivity index (χ4v) is 2.48. The van der Waals surface area contributed by atoms with E-state index >= 15 is 0 Å². The fraction of sp³-hybridized carbons (Fsp3) is 0.571. The number of benzene rings is 1. The minimum atomic E-state index is -0.508. The first-order valence-corrected chi connectivity index (χ1v) is 7.12. The van der Waals surface area contributed by atoms with E-state index < -0.39 is 6.10 Å². The van der Waals surface area contributed by atoms with Crippen LogP contribution in [0.3, 0.4) is 0 Å². The third-order valence-electron chi connectivity index (χ3n) is 3.28. The summed E-state index contributed by atoms with van der Waals surface area (Å²) < 4.78 is 5.39. The highest BCUT2D eigenvalue weighted by Gasteiger charge is 2.16. The zero-order valence-corrected chi connectivity index (χ0v) is 12.0. The fourth-order valence-electron chi connectivity index (χ4n) is 2.24. The lowest BCUT2D eigenvalue weighted by atomic mass is 10.1. The van der Waals surface area contributed by atoms with Gasteiger partial charge in [0, 0.05) is 32.7 Å². The molecule has 4 nitrogen and oxygen atoms in total. The molecule has 0 amide bonds. The van der Waals surface area contributed by atoms with E-state index in [-0.39, 0.29) is 0 Å². The van der Waals surface area contributed by atoms with E-state index in [0.717, 1.165) is 31.7 Å². The molecule has 1 aliphatic rings. The molecule has 1 heterocycles. The van der Waals surface area contributed by atoms with Crippen LogP contribution in [-0.2, 0) is 0 Å². The Morgan fingerprint density at radius 3 is 2.79 bits per heavy atom. The molecule has 106 valence electrons. The van der Waals surface area contributed by atoms with Gasteiger partial charge in [-0.2, -0.15) is 0 Å². The van der Waals surface area contributed by atoms with Gasteiger partial charge < -0.3 is 15.2 Å². The minimum absolute atomic E-state index is 0.508. The van der Waals surface area contributed by atoms with Gasteiger partial charge in [0.2, 0.25) is 0 Å². The van der Waals surface area contributed by atoms with Crippen LogP contribution < -0.4 is 10.1 Å². The van der Waals surface area contributed by atoms with Crippen molar-refractivity contribution in [1.29, 1.82) is 0 Å². The van der Waals surface area contributed by atoms with Gasteiger partial charge in [-0.05, 0) is 24.6 Å². The van der Waals surface area contributed by atoms with Gasteiger partial charge in [0.25, 0.3) is 0 Å². The highest BCUT2D eigenvalue weighted by atomic mass is 35.5. The number of halogens is 1. The Morgan fingerprint density at radius 1 is 1.42 bits per heavy atom. The first kappa shape index (κ1) is 14.6. The summed E-state index contributed by atoms with van der Waals surface area (Å²) in [4.78, 5) is 2.26. The third-order valence-corrected chi connectivity index (χ3v) is 3.58. The van der Waals surface area contributed by atoms with Gasteiger partial charge in [0.15, 0.2) is 0 Å². The number of rotatable bonds is 5. The Labute approximate surface area is 119 Å². The molecule has 1 aromatic rings. The standard InChI is InChI=1S/C14H21ClN2O2/c1-2-19-14-4-3-11(9-12(14)15)13(18)10-17-7-5-16-6-8-17/h3-4,9,13,16,18H,2,5-8,10H2,1H3. The molecule has 0 bridgehead atoms. The molecule has 0 saturated carbocycles. The molecule has 0 aromatic heterocycles. The van der Waals surface area contributed by atoms with Crippen LogP contribution in [0.5, 0.6) is 5.75 Å². The number of aliphatic hydroxyl groups excluding tert-OH is 1. The second-order valence-corrected chi connectivity index (χ2v) is 5.10. The normalized spacial score (nSPS) is 18.3. The number of nitrogens with one attached hydrogen (secondary N) is 1. The molecule has 1 saturated heterocycles. The van der Waals surface area contributed by atoms with Crippen molar-refractivity contribution in [3.63, 3.8) is 0 Å². The molecule has 1 aromatic carbocycles. The van der Waals surface area contributed by atoms with Gasteiger partial charge in [-0.1, -0.05) is 17.7 Å². The van der Waals surface area contributed by atoms with E-state index in [0.29, 0.717) is 23.9 Å². The highest BCUT2D eigenvalue weighted by molar-refractivity contribution is 6.32. The molecule has 1 unspecified atom stereocenters. The average Bonchev–Trinajstić information content (AvgIpc) is 2.42. The summed E-state index contributed by atoms with van der Waals surface area (Å²) in [6.45, 7) is 7.06. The van der Waals surface area contributed by atoms with Gasteiger partial charge in [-0.15, -0.1) is 0 Å². The summed E-state index contributed by atoms with van der Waals surface area (Å²) in [7, 11) is 0. The van der Waals surface area contributed by atoms with Crippen LogP contribution in [-0.4, -0.2) is 49.3 Å². The third kappa shape index (κ3) is 4.08. The highest BCUT2D eigenvalue weighted by Crippen LogP contribution is 2.28. The Hall–Kier alpha value is -0.810. The van der Waals surface area contributed by atoms with Crippen LogP contribution in [0.15, 0.2) is 18.2 Å². The predicted molar refractivity (Wildman–Crippen MR) is 76.9 cm³/mol. The lowest BCUT2D eigenvalue weighted by Gasteiger charge is -2.29. The maximum Gasteiger partial charge on any atom is 0.137 e. The summed E-state index contributed by atoms with van der Waals surface area (Å²) in [6.07, 6.45) is -0.508. The number of hydrogen-bond acceptors (Lipinski definition) is 4. The van der Waals surface area contributed by atoms with Crippen molar-refractivity contribution in [3.8, 4) is 5.75 Å². The average molecular weight is 285 g/mol. The molecule has 2 N–H and O–H groups in total. The second-order valence-electron chi connectivity index (χ2n) is 4.69. The van der Waals surface area contributed by atoms with E-state index in [1.54, 1.807) is 6.07 Å². The van der Waals surface area contributed by atoms with E-state index in [2.05, 4.69) is 10.2 Å². The second kappa shape index (κ2) is 7.10. The quantitative estimate of drug-likeness (QED) is 0.863. The maximum absolute atomic E-state index is 10.3. The van der Waals surface area contributed by atoms with Crippen LogP contribution >= 0.6 is 11.6 Å². The molecule has 0 aliphatic carbocycles. The summed E-state index contributed by atoms with van der Waals surface area (Å²) in [6, 6.07) is 5.49. The van der Waals surface area contributed by atoms with Crippen molar-refractivity contribution < 1.29 is 9.84 Å². The Balaban J connectivity index is 1.98. The zero-order chi connectivity index (χ0) is 13.7. The van der Waals surface area contributed by atoms with E-state index in [4.69, 9.17) is 16.3 Å². The maximum atomic E-state index is 10.3. The Kier molecular flexibility index (Phi) is 5.45. The van der Waals surface area contributed by atoms with Crippen LogP contribution in [0, 0.1) is 0 Å². The molecular weight excluding hydrogens is 264 g/mol. The van der Waals surface area contributed by atoms with Gasteiger partial charge in [-0.3, -0.25) is 4.90 Å². The number of nitrogens with zero attached hydrogens (tertiary/aromatic N) is 1. The Bertz CT molecular complexity index is 408. The monoisotopic (exact) mass is 284 g/mol. The molecule has 1 atom stereocenters. The molecule has 1 fully saturated rings. The van der Waals surface area contributed by atoms with E-state index in [1.165, 1.54) is 0 Å². The Morgan fingerprint density at radius 2 is 2.16 bits per heavy atom. The molecule has 1 aliphatic heterocycles. The molecule has 0 spiro atoms. The first-order valence-electron chi connectivity index (χ1n) is 6.74. The lowest BCUT2D eigenvalue weighted by molar-refractivity contribution is 0.105. The smallest absolute Gasteiger partial charge is 0.137 e. The zero-order valence-electron chi connectivity index (χ0n) is 11.2. The molecular formula is C14H21ClN2O2. The van der Waals surface area contributed by atoms with Crippen molar-refractivity contribution in [1.82, 2.24) is 10.2 Å². The molecule has 0 radical (unpaired) electrons. The summed E-state index contributed by atoms with van der Waals surface area (Å²) >= 11 is 6.14. The van der Waals surface area contributed by atoms with E-state index in [1.807, 2.05) is 19.1 Å². The summed E-state index contributed by atoms with van der Waals surface area (Å²) in [5.74, 6) is 0.669. The number of ether oxygens (including phenoxy) is 1. The van der Waals surface area contributed by atoms with Crippen molar-refractivity contribution in [2.75, 3.05) is 39.3 Å². The van der Waals surface area contributed by atoms with Crippen LogP contribution in [0.25, 0.3) is 0 Å². The van der Waals surface area contributed by atoms with Crippen LogP contribution in [0.1, 0.15) is 18.6 Å². The lowest BCUT2D eigenvalue weighted by Crippen LogP contribution is -2.44. The number of aliphatic hydroxyl groups is 1. The van der Waals surface area contributed by atoms with Gasteiger partial charge in [-0.25, -0.2) is 0 Å². The van der Waals surface area contributed by atoms with Gasteiger partial charge in [0.1, 0.15) is 5.75 Å². The summed E-state index contributed by atoms with van der Waals surface area (Å²) in [5, 5.41) is 14.1. The summed E-state index contributed by atoms with van der Waals surface area (Å²) in [5.41, 5.74) is 0.840. The molecule has 19 heavy (non-hydrogen) atoms. The van der Waals surface area contributed by atoms with E-state index in [9.17, 15) is 5.11 Å². The minimum Gasteiger partial charge on any atom is -0.492 e. The topological polar surface area (TPSA) is 44.7 Å². The van der Waals surface area contributed by atoms with Gasteiger partial charge >= 0.3 is 0 Å². The van der Waals surface area contributed by atoms with Crippen molar-refractivity contribution in [2.45, 2.75) is 13.0 Å². The van der Waals surface area contributed by atoms with Crippen molar-refractivity contribution in [2.24, 2.45) is 0 Å². The number of piperazine rings is 1. The van der Waals surface area contributed by atoms with Crippen molar-refractivity contribution in [3.05, 3.63) is 28.8 Å². The SMILES string of the molecule is CCOc1ccc(C(O)CN2CCNCC2)cc1Cl. The molecule has 5 heteroatoms. The van der Waals surface area contributed by atoms with Gasteiger partial charge in [0.05, 0.1) is 17.7 Å². The number of hydrogen-bond donors (Lipinski definition) is 2. The first-order chi connectivity index (χ1) is 9.20.